The van der Waals surface area contributed by atoms with Gasteiger partial charge >= 0.3 is 5.97 Å². The monoisotopic (exact) mass is 359 g/mol. The molecular weight excluding hydrogens is 338 g/mol. The van der Waals surface area contributed by atoms with Gasteiger partial charge in [0.2, 0.25) is 5.91 Å². The predicted molar refractivity (Wildman–Crippen MR) is 100 cm³/mol. The quantitative estimate of drug-likeness (QED) is 0.592. The highest BCUT2D eigenvalue weighted by molar-refractivity contribution is 7.16. The second-order valence-corrected chi connectivity index (χ2v) is 6.56. The molecule has 0 bridgehead atoms. The standard InChI is InChI=1S/C19H21NO4S/c1-4-11-24-16-8-6-5-7-14(16)9-10-17(21)20-18-15(19(22)23-3)12-13(2)25-18/h5-10,12H,4,11H2,1-3H3,(H,20,21)/b10-9+. The fourth-order valence-electron chi connectivity index (χ4n) is 2.15. The van der Waals surface area contributed by atoms with Crippen molar-refractivity contribution in [2.45, 2.75) is 20.3 Å². The number of nitrogens with one attached hydrogen (secondary N) is 1. The summed E-state index contributed by atoms with van der Waals surface area (Å²) < 4.78 is 10.4. The summed E-state index contributed by atoms with van der Waals surface area (Å²) in [5, 5.41) is 3.21. The van der Waals surface area contributed by atoms with Crippen LogP contribution < -0.4 is 10.1 Å². The first-order chi connectivity index (χ1) is 12.0. The lowest BCUT2D eigenvalue weighted by Gasteiger charge is -2.07. The molecule has 5 nitrogen and oxygen atoms in total. The summed E-state index contributed by atoms with van der Waals surface area (Å²) in [6.45, 7) is 4.52. The molecule has 0 spiro atoms. The van der Waals surface area contributed by atoms with E-state index in [0.717, 1.165) is 22.6 Å². The van der Waals surface area contributed by atoms with Crippen molar-refractivity contribution in [3.8, 4) is 5.75 Å². The number of benzene rings is 1. The lowest BCUT2D eigenvalue weighted by Crippen LogP contribution is -2.10. The zero-order valence-corrected chi connectivity index (χ0v) is 15.3. The summed E-state index contributed by atoms with van der Waals surface area (Å²) in [4.78, 5) is 24.9. The molecule has 25 heavy (non-hydrogen) atoms. The molecule has 1 aromatic carbocycles. The normalized spacial score (nSPS) is 10.7. The molecule has 0 aliphatic heterocycles. The number of hydrogen-bond acceptors (Lipinski definition) is 5. The van der Waals surface area contributed by atoms with Gasteiger partial charge < -0.3 is 14.8 Å². The highest BCUT2D eigenvalue weighted by atomic mass is 32.1. The average molecular weight is 359 g/mol. The molecule has 132 valence electrons. The summed E-state index contributed by atoms with van der Waals surface area (Å²) >= 11 is 1.33. The molecule has 1 amide bonds. The first-order valence-electron chi connectivity index (χ1n) is 7.94. The maximum absolute atomic E-state index is 12.2. The number of rotatable bonds is 7. The van der Waals surface area contributed by atoms with Crippen molar-refractivity contribution in [2.75, 3.05) is 19.0 Å². The van der Waals surface area contributed by atoms with Gasteiger partial charge in [-0.15, -0.1) is 11.3 Å². The van der Waals surface area contributed by atoms with E-state index in [9.17, 15) is 9.59 Å². The zero-order valence-electron chi connectivity index (χ0n) is 14.5. The van der Waals surface area contributed by atoms with Crippen LogP contribution in [0.2, 0.25) is 0 Å². The molecule has 0 atom stereocenters. The van der Waals surface area contributed by atoms with Gasteiger partial charge in [-0.3, -0.25) is 4.79 Å². The second kappa shape index (κ2) is 9.03. The Kier molecular flexibility index (Phi) is 6.77. The Hall–Kier alpha value is -2.60. The van der Waals surface area contributed by atoms with Crippen LogP contribution in [0.25, 0.3) is 6.08 Å². The zero-order chi connectivity index (χ0) is 18.2. The molecule has 0 saturated heterocycles. The summed E-state index contributed by atoms with van der Waals surface area (Å²) in [5.41, 5.74) is 1.18. The largest absolute Gasteiger partial charge is 0.493 e. The van der Waals surface area contributed by atoms with Gasteiger partial charge in [-0.05, 0) is 31.6 Å². The Bertz CT molecular complexity index is 779. The Balaban J connectivity index is 2.11. The molecule has 0 fully saturated rings. The van der Waals surface area contributed by atoms with Crippen LogP contribution in [0.5, 0.6) is 5.75 Å². The van der Waals surface area contributed by atoms with Gasteiger partial charge in [0.1, 0.15) is 10.8 Å². The van der Waals surface area contributed by atoms with Crippen LogP contribution in [-0.4, -0.2) is 25.6 Å². The number of carbonyl (C=O) groups is 2. The van der Waals surface area contributed by atoms with Crippen molar-refractivity contribution >= 4 is 34.3 Å². The molecule has 2 rings (SSSR count). The van der Waals surface area contributed by atoms with E-state index in [2.05, 4.69) is 5.32 Å². The lowest BCUT2D eigenvalue weighted by atomic mass is 10.2. The fraction of sp³-hybridized carbons (Fsp3) is 0.263. The highest BCUT2D eigenvalue weighted by Gasteiger charge is 2.16. The third-order valence-electron chi connectivity index (χ3n) is 3.29. The Labute approximate surface area is 151 Å². The highest BCUT2D eigenvalue weighted by Crippen LogP contribution is 2.28. The van der Waals surface area contributed by atoms with Crippen molar-refractivity contribution in [3.63, 3.8) is 0 Å². The van der Waals surface area contributed by atoms with Gasteiger partial charge in [-0.2, -0.15) is 0 Å². The molecule has 1 aromatic heterocycles. The first-order valence-corrected chi connectivity index (χ1v) is 8.76. The number of hydrogen-bond donors (Lipinski definition) is 1. The smallest absolute Gasteiger partial charge is 0.340 e. The minimum Gasteiger partial charge on any atom is -0.493 e. The van der Waals surface area contributed by atoms with E-state index in [1.807, 2.05) is 38.1 Å². The van der Waals surface area contributed by atoms with Crippen LogP contribution in [0.15, 0.2) is 36.4 Å². The number of carbonyl (C=O) groups excluding carboxylic acids is 2. The number of esters is 1. The second-order valence-electron chi connectivity index (χ2n) is 5.30. The number of anilines is 1. The van der Waals surface area contributed by atoms with E-state index in [-0.39, 0.29) is 5.91 Å². The molecule has 0 unspecified atom stereocenters. The number of amides is 1. The van der Waals surface area contributed by atoms with E-state index >= 15 is 0 Å². The van der Waals surface area contributed by atoms with Crippen LogP contribution in [0, 0.1) is 6.92 Å². The molecule has 2 aromatic rings. The molecule has 1 N–H and O–H groups in total. The number of para-hydroxylation sites is 1. The van der Waals surface area contributed by atoms with E-state index < -0.39 is 5.97 Å². The average Bonchev–Trinajstić information content (AvgIpc) is 2.98. The molecule has 6 heteroatoms. The van der Waals surface area contributed by atoms with Gasteiger partial charge in [0.05, 0.1) is 19.3 Å². The van der Waals surface area contributed by atoms with Crippen LogP contribution >= 0.6 is 11.3 Å². The topological polar surface area (TPSA) is 64.6 Å². The first kappa shape index (κ1) is 18.7. The summed E-state index contributed by atoms with van der Waals surface area (Å²) in [7, 11) is 1.31. The van der Waals surface area contributed by atoms with Gasteiger partial charge in [0.25, 0.3) is 0 Å². The predicted octanol–water partition coefficient (Wildman–Crippen LogP) is 4.28. The van der Waals surface area contributed by atoms with Crippen molar-refractivity contribution < 1.29 is 19.1 Å². The Morgan fingerprint density at radius 3 is 2.76 bits per heavy atom. The van der Waals surface area contributed by atoms with E-state index in [0.29, 0.717) is 17.2 Å². The van der Waals surface area contributed by atoms with Crippen LogP contribution in [0.1, 0.15) is 34.1 Å². The molecule has 0 aliphatic carbocycles. The number of ether oxygens (including phenoxy) is 2. The molecule has 0 saturated carbocycles. The van der Waals surface area contributed by atoms with Gasteiger partial charge in [-0.25, -0.2) is 4.79 Å². The maximum atomic E-state index is 12.2. The maximum Gasteiger partial charge on any atom is 0.340 e. The van der Waals surface area contributed by atoms with E-state index in [4.69, 9.17) is 9.47 Å². The number of aryl methyl sites for hydroxylation is 1. The molecular formula is C19H21NO4S. The molecule has 0 aliphatic rings. The van der Waals surface area contributed by atoms with E-state index in [1.165, 1.54) is 24.5 Å². The minimum atomic E-state index is -0.470. The van der Waals surface area contributed by atoms with Crippen LogP contribution in [0.3, 0.4) is 0 Å². The third-order valence-corrected chi connectivity index (χ3v) is 4.26. The third kappa shape index (κ3) is 5.19. The van der Waals surface area contributed by atoms with Gasteiger partial charge in [0, 0.05) is 16.5 Å². The SMILES string of the molecule is CCCOc1ccccc1/C=C/C(=O)Nc1sc(C)cc1C(=O)OC. The van der Waals surface area contributed by atoms with Crippen LogP contribution in [-0.2, 0) is 9.53 Å². The fourth-order valence-corrected chi connectivity index (χ4v) is 3.05. The summed E-state index contributed by atoms with van der Waals surface area (Å²) in [5.74, 6) is -0.0603. The van der Waals surface area contributed by atoms with Gasteiger partial charge in [-0.1, -0.05) is 25.1 Å². The van der Waals surface area contributed by atoms with Crippen molar-refractivity contribution in [1.82, 2.24) is 0 Å². The lowest BCUT2D eigenvalue weighted by molar-refractivity contribution is -0.111. The minimum absolute atomic E-state index is 0.322. The van der Waals surface area contributed by atoms with Crippen LogP contribution in [0.4, 0.5) is 5.00 Å². The molecule has 1 heterocycles. The van der Waals surface area contributed by atoms with Crippen molar-refractivity contribution in [1.29, 1.82) is 0 Å². The summed E-state index contributed by atoms with van der Waals surface area (Å²) in [6.07, 6.45) is 4.02. The summed E-state index contributed by atoms with van der Waals surface area (Å²) in [6, 6.07) is 9.22. The number of thiophene rings is 1. The van der Waals surface area contributed by atoms with Crippen molar-refractivity contribution in [3.05, 3.63) is 52.4 Å². The molecule has 0 radical (unpaired) electrons. The van der Waals surface area contributed by atoms with Crippen molar-refractivity contribution in [2.24, 2.45) is 0 Å². The van der Waals surface area contributed by atoms with E-state index in [1.54, 1.807) is 12.1 Å². The Morgan fingerprint density at radius 1 is 1.28 bits per heavy atom. The van der Waals surface area contributed by atoms with Gasteiger partial charge in [0.15, 0.2) is 0 Å². The number of methoxy groups -OCH3 is 1. The Morgan fingerprint density at radius 2 is 2.04 bits per heavy atom.